The van der Waals surface area contributed by atoms with E-state index in [2.05, 4.69) is 15.7 Å². The second-order valence-electron chi connectivity index (χ2n) is 9.54. The van der Waals surface area contributed by atoms with Gasteiger partial charge in [0.25, 0.3) is 5.91 Å². The Morgan fingerprint density at radius 3 is 2.46 bits per heavy atom. The first kappa shape index (κ1) is 27.6. The van der Waals surface area contributed by atoms with Gasteiger partial charge in [0.1, 0.15) is 17.4 Å². The number of nitrogens with one attached hydrogen (secondary N) is 2. The molecule has 4 N–H and O–H groups in total. The summed E-state index contributed by atoms with van der Waals surface area (Å²) in [5.74, 6) is -4.77. The first-order chi connectivity index (χ1) is 17.4. The Kier molecular flexibility index (Phi) is 8.20. The highest BCUT2D eigenvalue weighted by Crippen LogP contribution is 2.26. The second kappa shape index (κ2) is 11.0. The molecule has 0 saturated heterocycles. The van der Waals surface area contributed by atoms with Crippen molar-refractivity contribution < 1.29 is 33.0 Å². The van der Waals surface area contributed by atoms with Crippen LogP contribution in [0.5, 0.6) is 0 Å². The molecule has 0 unspecified atom stereocenters. The van der Waals surface area contributed by atoms with Crippen LogP contribution in [0.3, 0.4) is 0 Å². The number of aliphatic hydroxyl groups excluding tert-OH is 2. The average molecular weight is 518 g/mol. The van der Waals surface area contributed by atoms with Crippen LogP contribution in [0.4, 0.5) is 13.2 Å². The molecule has 0 fully saturated rings. The molecule has 9 nitrogen and oxygen atoms in total. The van der Waals surface area contributed by atoms with E-state index in [9.17, 15) is 27.9 Å². The van der Waals surface area contributed by atoms with Gasteiger partial charge in [0.05, 0.1) is 30.9 Å². The molecule has 0 bridgehead atoms. The third-order valence-electron chi connectivity index (χ3n) is 5.65. The molecule has 2 atom stereocenters. The third-order valence-corrected chi connectivity index (χ3v) is 5.65. The number of aromatic nitrogens is 2. The van der Waals surface area contributed by atoms with Crippen molar-refractivity contribution >= 4 is 22.7 Å². The summed E-state index contributed by atoms with van der Waals surface area (Å²) in [6, 6.07) is 6.30. The van der Waals surface area contributed by atoms with E-state index >= 15 is 0 Å². The Hall–Kier alpha value is -3.95. The molecule has 37 heavy (non-hydrogen) atoms. The Balaban J connectivity index is 2.00. The van der Waals surface area contributed by atoms with Gasteiger partial charge in [-0.3, -0.25) is 14.3 Å². The molecule has 0 aliphatic carbocycles. The van der Waals surface area contributed by atoms with Crippen molar-refractivity contribution in [3.63, 3.8) is 0 Å². The van der Waals surface area contributed by atoms with Gasteiger partial charge >= 0.3 is 0 Å². The van der Waals surface area contributed by atoms with Crippen LogP contribution in [0, 0.1) is 34.2 Å². The summed E-state index contributed by atoms with van der Waals surface area (Å²) >= 11 is 0. The number of amides is 2. The molecule has 196 valence electrons. The number of rotatable bonds is 8. The molecule has 2 amide bonds. The Morgan fingerprint density at radius 1 is 1.16 bits per heavy atom. The fourth-order valence-electron chi connectivity index (χ4n) is 3.66. The monoisotopic (exact) mass is 517 g/mol. The molecule has 3 aromatic rings. The van der Waals surface area contributed by atoms with Gasteiger partial charge in [-0.25, -0.2) is 13.2 Å². The van der Waals surface area contributed by atoms with Gasteiger partial charge in [-0.2, -0.15) is 10.4 Å². The lowest BCUT2D eigenvalue weighted by Crippen LogP contribution is -2.54. The predicted octanol–water partition coefficient (Wildman–Crippen LogP) is 1.99. The molecule has 12 heteroatoms. The first-order valence-corrected chi connectivity index (χ1v) is 11.3. The zero-order chi connectivity index (χ0) is 27.5. The third kappa shape index (κ3) is 6.07. The number of benzene rings is 2. The van der Waals surface area contributed by atoms with E-state index in [0.717, 1.165) is 22.9 Å². The summed E-state index contributed by atoms with van der Waals surface area (Å²) in [4.78, 5) is 26.0. The van der Waals surface area contributed by atoms with E-state index in [0.29, 0.717) is 0 Å². The zero-order valence-corrected chi connectivity index (χ0v) is 20.3. The number of aliphatic hydroxyl groups is 2. The summed E-state index contributed by atoms with van der Waals surface area (Å²) in [6.45, 7) is 3.84. The van der Waals surface area contributed by atoms with E-state index in [1.807, 2.05) is 0 Å². The number of hydrogen-bond acceptors (Lipinski definition) is 6. The Labute approximate surface area is 210 Å². The van der Waals surface area contributed by atoms with Crippen LogP contribution < -0.4 is 10.6 Å². The summed E-state index contributed by atoms with van der Waals surface area (Å²) < 4.78 is 44.4. The summed E-state index contributed by atoms with van der Waals surface area (Å²) in [6.07, 6.45) is -1.19. The SMILES string of the molecule is CC(C)(C)[C@H](NC(=O)c1nn(Cc2ccc(C#N)cc2F)c2c(F)c(F)ccc12)C(=O)NC[C@H](O)CO. The number of fused-ring (bicyclic) bond motifs is 1. The van der Waals surface area contributed by atoms with Crippen molar-refractivity contribution in [3.05, 3.63) is 64.6 Å². The molecule has 0 spiro atoms. The van der Waals surface area contributed by atoms with Gasteiger partial charge in [0.15, 0.2) is 17.3 Å². The number of halogens is 3. The van der Waals surface area contributed by atoms with Gasteiger partial charge in [0.2, 0.25) is 5.91 Å². The zero-order valence-electron chi connectivity index (χ0n) is 20.3. The fourth-order valence-corrected chi connectivity index (χ4v) is 3.66. The molecule has 2 aromatic carbocycles. The number of nitriles is 1. The van der Waals surface area contributed by atoms with Crippen LogP contribution in [0.1, 0.15) is 42.4 Å². The van der Waals surface area contributed by atoms with Crippen molar-refractivity contribution in [1.29, 1.82) is 5.26 Å². The Morgan fingerprint density at radius 2 is 1.86 bits per heavy atom. The molecule has 0 saturated carbocycles. The fraction of sp³-hybridized carbons (Fsp3) is 0.360. The van der Waals surface area contributed by atoms with Crippen LogP contribution in [-0.2, 0) is 11.3 Å². The molecule has 3 rings (SSSR count). The predicted molar refractivity (Wildman–Crippen MR) is 127 cm³/mol. The van der Waals surface area contributed by atoms with Gasteiger partial charge in [-0.15, -0.1) is 0 Å². The van der Waals surface area contributed by atoms with Crippen LogP contribution in [0.25, 0.3) is 10.9 Å². The highest BCUT2D eigenvalue weighted by Gasteiger charge is 2.34. The molecule has 1 heterocycles. The van der Waals surface area contributed by atoms with Crippen LogP contribution in [0.15, 0.2) is 30.3 Å². The summed E-state index contributed by atoms with van der Waals surface area (Å²) in [5.41, 5.74) is -1.42. The van der Waals surface area contributed by atoms with Crippen molar-refractivity contribution in [3.8, 4) is 6.07 Å². The van der Waals surface area contributed by atoms with Crippen molar-refractivity contribution in [2.75, 3.05) is 13.2 Å². The maximum absolute atomic E-state index is 14.8. The molecular formula is C25H26F3N5O4. The van der Waals surface area contributed by atoms with Crippen LogP contribution in [0.2, 0.25) is 0 Å². The number of carbonyl (C=O) groups is 2. The average Bonchev–Trinajstić information content (AvgIpc) is 3.22. The molecular weight excluding hydrogens is 491 g/mol. The van der Waals surface area contributed by atoms with E-state index in [1.165, 1.54) is 12.1 Å². The van der Waals surface area contributed by atoms with E-state index in [4.69, 9.17) is 10.4 Å². The maximum atomic E-state index is 14.8. The first-order valence-electron chi connectivity index (χ1n) is 11.3. The molecule has 0 radical (unpaired) electrons. The van der Waals surface area contributed by atoms with Crippen LogP contribution in [-0.4, -0.2) is 57.1 Å². The normalized spacial score (nSPS) is 13.2. The topological polar surface area (TPSA) is 140 Å². The van der Waals surface area contributed by atoms with E-state index in [-0.39, 0.29) is 40.8 Å². The minimum Gasteiger partial charge on any atom is -0.394 e. The van der Waals surface area contributed by atoms with Gasteiger partial charge in [0, 0.05) is 17.5 Å². The highest BCUT2D eigenvalue weighted by molar-refractivity contribution is 6.06. The molecule has 0 aliphatic heterocycles. The number of nitrogens with zero attached hydrogens (tertiary/aromatic N) is 3. The minimum atomic E-state index is -1.29. The van der Waals surface area contributed by atoms with Crippen molar-refractivity contribution in [1.82, 2.24) is 20.4 Å². The minimum absolute atomic E-state index is 0.0217. The molecule has 1 aromatic heterocycles. The van der Waals surface area contributed by atoms with Crippen molar-refractivity contribution in [2.24, 2.45) is 5.41 Å². The standard InChI is InChI=1S/C25H26F3N5O4/c1-25(2,3)22(24(37)30-10-15(35)12-34)31-23(36)20-16-6-7-17(26)19(28)21(16)33(32-20)11-14-5-4-13(9-29)8-18(14)27/h4-8,15,22,34-35H,10-12H2,1-3H3,(H,30,37)(H,31,36)/t15-,22+/m0/s1. The van der Waals surface area contributed by atoms with E-state index in [1.54, 1.807) is 26.8 Å². The van der Waals surface area contributed by atoms with Gasteiger partial charge < -0.3 is 20.8 Å². The van der Waals surface area contributed by atoms with Crippen LogP contribution >= 0.6 is 0 Å². The van der Waals surface area contributed by atoms with Crippen molar-refractivity contribution in [2.45, 2.75) is 39.5 Å². The van der Waals surface area contributed by atoms with Gasteiger partial charge in [-0.1, -0.05) is 26.8 Å². The summed E-state index contributed by atoms with van der Waals surface area (Å²) in [5, 5.41) is 36.5. The van der Waals surface area contributed by atoms with Gasteiger partial charge in [-0.05, 0) is 29.7 Å². The molecule has 0 aliphatic rings. The lowest BCUT2D eigenvalue weighted by atomic mass is 9.86. The number of carbonyl (C=O) groups excluding carboxylic acids is 2. The highest BCUT2D eigenvalue weighted by atomic mass is 19.2. The Bertz CT molecular complexity index is 1380. The second-order valence-corrected chi connectivity index (χ2v) is 9.54. The largest absolute Gasteiger partial charge is 0.394 e. The smallest absolute Gasteiger partial charge is 0.273 e. The summed E-state index contributed by atoms with van der Waals surface area (Å²) in [7, 11) is 0. The quantitative estimate of drug-likeness (QED) is 0.360. The number of hydrogen-bond donors (Lipinski definition) is 4. The maximum Gasteiger partial charge on any atom is 0.273 e. The van der Waals surface area contributed by atoms with E-state index < -0.39 is 53.4 Å². The lowest BCUT2D eigenvalue weighted by molar-refractivity contribution is -0.125. The lowest BCUT2D eigenvalue weighted by Gasteiger charge is -2.30.